The fraction of sp³-hybridized carbons (Fsp3) is 0.353. The van der Waals surface area contributed by atoms with Crippen LogP contribution in [0.4, 0.5) is 5.69 Å². The summed E-state index contributed by atoms with van der Waals surface area (Å²) < 4.78 is 5.07. The Balaban J connectivity index is 1.73. The molecule has 0 amide bonds. The summed E-state index contributed by atoms with van der Waals surface area (Å²) in [7, 11) is 1.63. The number of rotatable bonds is 4. The molecule has 3 rings (SSSR count). The highest BCUT2D eigenvalue weighted by Gasteiger charge is 2.13. The molecule has 1 heterocycles. The first-order chi connectivity index (χ1) is 9.76. The van der Waals surface area contributed by atoms with Crippen LogP contribution in [-0.4, -0.2) is 12.1 Å². The number of hydrogen-bond acceptors (Lipinski definition) is 3. The van der Waals surface area contributed by atoms with Crippen molar-refractivity contribution in [2.75, 3.05) is 12.4 Å². The van der Waals surface area contributed by atoms with E-state index in [0.717, 1.165) is 5.69 Å². The van der Waals surface area contributed by atoms with Crippen molar-refractivity contribution >= 4 is 5.69 Å². The van der Waals surface area contributed by atoms with E-state index in [1.54, 1.807) is 7.11 Å². The molecule has 3 heteroatoms. The molecule has 0 radical (unpaired) electrons. The summed E-state index contributed by atoms with van der Waals surface area (Å²) in [6, 6.07) is 11.0. The van der Waals surface area contributed by atoms with Crippen LogP contribution in [0.5, 0.6) is 5.88 Å². The Labute approximate surface area is 120 Å². The molecule has 1 N–H and O–H groups in total. The van der Waals surface area contributed by atoms with Gasteiger partial charge in [-0.25, -0.2) is 4.98 Å². The highest BCUT2D eigenvalue weighted by Crippen LogP contribution is 2.27. The second-order valence-electron chi connectivity index (χ2n) is 5.34. The number of pyridine rings is 1. The van der Waals surface area contributed by atoms with E-state index >= 15 is 0 Å². The van der Waals surface area contributed by atoms with Gasteiger partial charge < -0.3 is 10.1 Å². The van der Waals surface area contributed by atoms with Crippen molar-refractivity contribution in [2.45, 2.75) is 32.2 Å². The molecule has 1 atom stereocenters. The first-order valence-corrected chi connectivity index (χ1v) is 7.14. The minimum atomic E-state index is 0.274. The molecule has 104 valence electrons. The van der Waals surface area contributed by atoms with Gasteiger partial charge >= 0.3 is 0 Å². The zero-order valence-electron chi connectivity index (χ0n) is 12.0. The maximum atomic E-state index is 5.07. The van der Waals surface area contributed by atoms with Crippen LogP contribution in [0.15, 0.2) is 36.5 Å². The number of aryl methyl sites for hydroxylation is 2. The van der Waals surface area contributed by atoms with Gasteiger partial charge in [-0.05, 0) is 48.9 Å². The topological polar surface area (TPSA) is 34.1 Å². The molecule has 0 aliphatic heterocycles. The molecule has 0 fully saturated rings. The van der Waals surface area contributed by atoms with Gasteiger partial charge in [-0.3, -0.25) is 0 Å². The lowest BCUT2D eigenvalue weighted by Gasteiger charge is -2.16. The molecule has 1 aliphatic carbocycles. The number of fused-ring (bicyclic) bond motifs is 1. The Morgan fingerprint density at radius 2 is 2.00 bits per heavy atom. The number of hydrogen-bond donors (Lipinski definition) is 1. The van der Waals surface area contributed by atoms with Gasteiger partial charge in [-0.1, -0.05) is 18.2 Å². The van der Waals surface area contributed by atoms with E-state index in [1.807, 2.05) is 18.3 Å². The van der Waals surface area contributed by atoms with Gasteiger partial charge in [0.05, 0.1) is 19.0 Å². The Morgan fingerprint density at radius 1 is 1.15 bits per heavy atom. The summed E-state index contributed by atoms with van der Waals surface area (Å²) >= 11 is 0. The lowest BCUT2D eigenvalue weighted by Crippen LogP contribution is -2.07. The largest absolute Gasteiger partial charge is 0.481 e. The molecular formula is C17H20N2O. The molecule has 2 aromatic rings. The number of aromatic nitrogens is 1. The van der Waals surface area contributed by atoms with Crippen LogP contribution in [0.1, 0.15) is 36.1 Å². The molecule has 0 bridgehead atoms. The number of methoxy groups -OCH3 is 1. The minimum Gasteiger partial charge on any atom is -0.481 e. The van der Waals surface area contributed by atoms with Gasteiger partial charge in [0.25, 0.3) is 0 Å². The van der Waals surface area contributed by atoms with Crippen LogP contribution >= 0.6 is 0 Å². The van der Waals surface area contributed by atoms with E-state index in [0.29, 0.717) is 5.88 Å². The summed E-state index contributed by atoms with van der Waals surface area (Å²) in [6.45, 7) is 2.18. The second-order valence-corrected chi connectivity index (χ2v) is 5.34. The normalized spacial score (nSPS) is 14.7. The maximum Gasteiger partial charge on any atom is 0.213 e. The van der Waals surface area contributed by atoms with Crippen LogP contribution in [0, 0.1) is 0 Å². The standard InChI is InChI=1S/C17H20N2O/c1-12(19-16-8-9-17(20-2)18-11-16)14-7-6-13-4-3-5-15(13)10-14/h6-12,19H,3-5H2,1-2H3. The monoisotopic (exact) mass is 268 g/mol. The summed E-state index contributed by atoms with van der Waals surface area (Å²) in [5.74, 6) is 0.640. The van der Waals surface area contributed by atoms with Crippen molar-refractivity contribution in [2.24, 2.45) is 0 Å². The van der Waals surface area contributed by atoms with Gasteiger partial charge in [0.2, 0.25) is 5.88 Å². The van der Waals surface area contributed by atoms with Crippen molar-refractivity contribution in [1.29, 1.82) is 0 Å². The van der Waals surface area contributed by atoms with Crippen LogP contribution in [0.3, 0.4) is 0 Å². The molecule has 1 aliphatic rings. The Kier molecular flexibility index (Phi) is 3.59. The molecule has 1 unspecified atom stereocenters. The number of ether oxygens (including phenoxy) is 1. The second kappa shape index (κ2) is 5.53. The number of nitrogens with zero attached hydrogens (tertiary/aromatic N) is 1. The lowest BCUT2D eigenvalue weighted by molar-refractivity contribution is 0.398. The van der Waals surface area contributed by atoms with Gasteiger partial charge in [0.1, 0.15) is 0 Å². The summed E-state index contributed by atoms with van der Waals surface area (Å²) in [4.78, 5) is 4.22. The number of anilines is 1. The predicted molar refractivity (Wildman–Crippen MR) is 81.3 cm³/mol. The van der Waals surface area contributed by atoms with E-state index in [1.165, 1.54) is 36.0 Å². The van der Waals surface area contributed by atoms with E-state index in [4.69, 9.17) is 4.74 Å². The zero-order valence-corrected chi connectivity index (χ0v) is 12.0. The SMILES string of the molecule is COc1ccc(NC(C)c2ccc3c(c2)CCC3)cn1. The van der Waals surface area contributed by atoms with Crippen LogP contribution in [0.2, 0.25) is 0 Å². The van der Waals surface area contributed by atoms with Gasteiger partial charge in [0, 0.05) is 12.1 Å². The average Bonchev–Trinajstić information content (AvgIpc) is 2.95. The molecular weight excluding hydrogens is 248 g/mol. The molecule has 0 saturated heterocycles. The molecule has 1 aromatic carbocycles. The van der Waals surface area contributed by atoms with Crippen LogP contribution in [-0.2, 0) is 12.8 Å². The lowest BCUT2D eigenvalue weighted by atomic mass is 10.0. The fourth-order valence-corrected chi connectivity index (χ4v) is 2.78. The summed E-state index contributed by atoms with van der Waals surface area (Å²) in [5.41, 5.74) is 5.39. The van der Waals surface area contributed by atoms with E-state index in [-0.39, 0.29) is 6.04 Å². The third-order valence-corrected chi connectivity index (χ3v) is 3.95. The van der Waals surface area contributed by atoms with Crippen molar-refractivity contribution in [1.82, 2.24) is 4.98 Å². The molecule has 0 saturated carbocycles. The zero-order chi connectivity index (χ0) is 13.9. The highest BCUT2D eigenvalue weighted by atomic mass is 16.5. The van der Waals surface area contributed by atoms with E-state index in [9.17, 15) is 0 Å². The third-order valence-electron chi connectivity index (χ3n) is 3.95. The van der Waals surface area contributed by atoms with Crippen molar-refractivity contribution < 1.29 is 4.74 Å². The number of benzene rings is 1. The van der Waals surface area contributed by atoms with E-state index in [2.05, 4.69) is 35.4 Å². The Morgan fingerprint density at radius 3 is 2.75 bits per heavy atom. The van der Waals surface area contributed by atoms with Gasteiger partial charge in [-0.2, -0.15) is 0 Å². The quantitative estimate of drug-likeness (QED) is 0.917. The van der Waals surface area contributed by atoms with E-state index < -0.39 is 0 Å². The van der Waals surface area contributed by atoms with Crippen molar-refractivity contribution in [3.8, 4) is 5.88 Å². The van der Waals surface area contributed by atoms with Crippen LogP contribution in [0.25, 0.3) is 0 Å². The Bertz CT molecular complexity index is 592. The van der Waals surface area contributed by atoms with Crippen molar-refractivity contribution in [3.63, 3.8) is 0 Å². The minimum absolute atomic E-state index is 0.274. The maximum absolute atomic E-state index is 5.07. The predicted octanol–water partition coefficient (Wildman–Crippen LogP) is 3.75. The molecule has 20 heavy (non-hydrogen) atoms. The Hall–Kier alpha value is -2.03. The third kappa shape index (κ3) is 2.62. The highest BCUT2D eigenvalue weighted by molar-refractivity contribution is 5.45. The number of nitrogens with one attached hydrogen (secondary N) is 1. The van der Waals surface area contributed by atoms with Crippen molar-refractivity contribution in [3.05, 3.63) is 53.2 Å². The van der Waals surface area contributed by atoms with Crippen LogP contribution < -0.4 is 10.1 Å². The first kappa shape index (κ1) is 13.0. The van der Waals surface area contributed by atoms with Gasteiger partial charge in [-0.15, -0.1) is 0 Å². The average molecular weight is 268 g/mol. The fourth-order valence-electron chi connectivity index (χ4n) is 2.78. The molecule has 0 spiro atoms. The summed E-state index contributed by atoms with van der Waals surface area (Å²) in [5, 5.41) is 3.48. The smallest absolute Gasteiger partial charge is 0.213 e. The van der Waals surface area contributed by atoms with Gasteiger partial charge in [0.15, 0.2) is 0 Å². The molecule has 3 nitrogen and oxygen atoms in total. The molecule has 1 aromatic heterocycles. The summed E-state index contributed by atoms with van der Waals surface area (Å²) in [6.07, 6.45) is 5.56. The first-order valence-electron chi connectivity index (χ1n) is 7.14.